The van der Waals surface area contributed by atoms with Gasteiger partial charge in [-0.25, -0.2) is 0 Å². The third kappa shape index (κ3) is 4.19. The molecule has 2 N–H and O–H groups in total. The van der Waals surface area contributed by atoms with Crippen molar-refractivity contribution in [3.8, 4) is 5.75 Å². The van der Waals surface area contributed by atoms with E-state index in [1.807, 2.05) is 12.1 Å². The summed E-state index contributed by atoms with van der Waals surface area (Å²) in [7, 11) is 5.75. The fraction of sp³-hybridized carbons (Fsp3) is 0.538. The van der Waals surface area contributed by atoms with Gasteiger partial charge in [-0.3, -0.25) is 0 Å². The second kappa shape index (κ2) is 6.84. The Morgan fingerprint density at radius 3 is 2.59 bits per heavy atom. The zero-order chi connectivity index (χ0) is 12.8. The summed E-state index contributed by atoms with van der Waals surface area (Å²) in [5.41, 5.74) is 6.88. The first-order valence-electron chi connectivity index (χ1n) is 5.76. The Morgan fingerprint density at radius 2 is 2.12 bits per heavy atom. The molecule has 0 aliphatic heterocycles. The van der Waals surface area contributed by atoms with E-state index in [2.05, 4.69) is 25.1 Å². The van der Waals surface area contributed by atoms with Gasteiger partial charge in [0.2, 0.25) is 0 Å². The van der Waals surface area contributed by atoms with Crippen LogP contribution >= 0.6 is 11.6 Å². The number of nitrogens with two attached hydrogens (primary N) is 1. The van der Waals surface area contributed by atoms with Gasteiger partial charge >= 0.3 is 0 Å². The molecule has 0 saturated carbocycles. The van der Waals surface area contributed by atoms with Gasteiger partial charge in [-0.15, -0.1) is 0 Å². The monoisotopic (exact) mass is 256 g/mol. The maximum Gasteiger partial charge on any atom is 0.137 e. The van der Waals surface area contributed by atoms with Gasteiger partial charge in [0.15, 0.2) is 0 Å². The number of nitrogens with zero attached hydrogens (tertiary/aromatic N) is 1. The van der Waals surface area contributed by atoms with Crippen LogP contribution < -0.4 is 10.5 Å². The second-order valence-electron chi connectivity index (χ2n) is 4.43. The number of halogens is 1. The van der Waals surface area contributed by atoms with Gasteiger partial charge in [-0.1, -0.05) is 17.7 Å². The van der Waals surface area contributed by atoms with Crippen molar-refractivity contribution in [2.45, 2.75) is 12.3 Å². The maximum absolute atomic E-state index is 6.14. The van der Waals surface area contributed by atoms with Crippen LogP contribution in [-0.2, 0) is 0 Å². The summed E-state index contributed by atoms with van der Waals surface area (Å²) in [6, 6.07) is 5.95. The standard InChI is InChI=1S/C13H21ClN2O/c1-16(2)9-11(6-7-15)10-4-5-13(17-3)12(14)8-10/h4-5,8,11H,6-7,9,15H2,1-3H3. The summed E-state index contributed by atoms with van der Waals surface area (Å²) in [5.74, 6) is 1.13. The van der Waals surface area contributed by atoms with Crippen molar-refractivity contribution in [1.29, 1.82) is 0 Å². The fourth-order valence-electron chi connectivity index (χ4n) is 1.94. The maximum atomic E-state index is 6.14. The van der Waals surface area contributed by atoms with E-state index >= 15 is 0 Å². The molecule has 0 aromatic heterocycles. The van der Waals surface area contributed by atoms with Gasteiger partial charge in [0.1, 0.15) is 5.75 Å². The summed E-state index contributed by atoms with van der Waals surface area (Å²) in [6.07, 6.45) is 0.959. The molecule has 0 aliphatic rings. The van der Waals surface area contributed by atoms with Crippen molar-refractivity contribution >= 4 is 11.6 Å². The molecule has 0 amide bonds. The Labute approximate surface area is 109 Å². The van der Waals surface area contributed by atoms with Crippen molar-refractivity contribution < 1.29 is 4.74 Å². The van der Waals surface area contributed by atoms with Gasteiger partial charge in [0.05, 0.1) is 12.1 Å². The van der Waals surface area contributed by atoms with Crippen LogP contribution in [0.25, 0.3) is 0 Å². The first-order chi connectivity index (χ1) is 8.08. The van der Waals surface area contributed by atoms with Crippen molar-refractivity contribution in [3.63, 3.8) is 0 Å². The lowest BCUT2D eigenvalue weighted by Crippen LogP contribution is -2.22. The molecule has 3 nitrogen and oxygen atoms in total. The van der Waals surface area contributed by atoms with Crippen LogP contribution in [0.1, 0.15) is 17.9 Å². The van der Waals surface area contributed by atoms with Gasteiger partial charge in [-0.05, 0) is 50.7 Å². The van der Waals surface area contributed by atoms with Crippen molar-refractivity contribution in [2.75, 3.05) is 34.3 Å². The smallest absolute Gasteiger partial charge is 0.137 e. The summed E-state index contributed by atoms with van der Waals surface area (Å²) >= 11 is 6.14. The molecular formula is C13H21ClN2O. The van der Waals surface area contributed by atoms with Crippen LogP contribution in [0.4, 0.5) is 0 Å². The van der Waals surface area contributed by atoms with Crippen LogP contribution in [-0.4, -0.2) is 39.2 Å². The first-order valence-corrected chi connectivity index (χ1v) is 6.14. The predicted octanol–water partition coefficient (Wildman–Crippen LogP) is 2.34. The van der Waals surface area contributed by atoms with Crippen molar-refractivity contribution in [3.05, 3.63) is 28.8 Å². The van der Waals surface area contributed by atoms with Crippen LogP contribution in [0.3, 0.4) is 0 Å². The first kappa shape index (κ1) is 14.3. The van der Waals surface area contributed by atoms with E-state index in [0.717, 1.165) is 13.0 Å². The molecule has 17 heavy (non-hydrogen) atoms. The van der Waals surface area contributed by atoms with Crippen LogP contribution in [0, 0.1) is 0 Å². The number of hydrogen-bond acceptors (Lipinski definition) is 3. The van der Waals surface area contributed by atoms with E-state index < -0.39 is 0 Å². The Hall–Kier alpha value is -0.770. The highest BCUT2D eigenvalue weighted by Gasteiger charge is 2.13. The third-order valence-corrected chi connectivity index (χ3v) is 3.04. The minimum absolute atomic E-state index is 0.415. The number of rotatable bonds is 6. The Morgan fingerprint density at radius 1 is 1.41 bits per heavy atom. The van der Waals surface area contributed by atoms with Gasteiger partial charge in [0.25, 0.3) is 0 Å². The summed E-state index contributed by atoms with van der Waals surface area (Å²) in [4.78, 5) is 2.17. The highest BCUT2D eigenvalue weighted by molar-refractivity contribution is 6.32. The Balaban J connectivity index is 2.89. The normalized spacial score (nSPS) is 12.8. The lowest BCUT2D eigenvalue weighted by molar-refractivity contribution is 0.364. The molecule has 0 saturated heterocycles. The number of ether oxygens (including phenoxy) is 1. The number of benzene rings is 1. The minimum Gasteiger partial charge on any atom is -0.495 e. The lowest BCUT2D eigenvalue weighted by Gasteiger charge is -2.21. The molecule has 0 spiro atoms. The molecule has 4 heteroatoms. The molecule has 1 rings (SSSR count). The van der Waals surface area contributed by atoms with E-state index in [0.29, 0.717) is 23.2 Å². The number of hydrogen-bond donors (Lipinski definition) is 1. The van der Waals surface area contributed by atoms with Crippen LogP contribution in [0.2, 0.25) is 5.02 Å². The fourth-order valence-corrected chi connectivity index (χ4v) is 2.21. The predicted molar refractivity (Wildman–Crippen MR) is 73.0 cm³/mol. The zero-order valence-electron chi connectivity index (χ0n) is 10.7. The molecule has 1 aromatic rings. The zero-order valence-corrected chi connectivity index (χ0v) is 11.5. The highest BCUT2D eigenvalue weighted by Crippen LogP contribution is 2.29. The van der Waals surface area contributed by atoms with Gasteiger partial charge < -0.3 is 15.4 Å². The van der Waals surface area contributed by atoms with E-state index in [4.69, 9.17) is 22.1 Å². The number of likely N-dealkylation sites (N-methyl/N-ethyl adjacent to an activating group) is 1. The molecule has 0 bridgehead atoms. The average Bonchev–Trinajstić information content (AvgIpc) is 2.28. The second-order valence-corrected chi connectivity index (χ2v) is 4.84. The minimum atomic E-state index is 0.415. The molecule has 0 fully saturated rings. The molecule has 0 aliphatic carbocycles. The largest absolute Gasteiger partial charge is 0.495 e. The van der Waals surface area contributed by atoms with Crippen molar-refractivity contribution in [2.24, 2.45) is 5.73 Å². The Kier molecular flexibility index (Phi) is 5.75. The third-order valence-electron chi connectivity index (χ3n) is 2.75. The summed E-state index contributed by atoms with van der Waals surface area (Å²) < 4.78 is 5.15. The van der Waals surface area contributed by atoms with Gasteiger partial charge in [0, 0.05) is 6.54 Å². The number of methoxy groups -OCH3 is 1. The summed E-state index contributed by atoms with van der Waals surface area (Å²) in [6.45, 7) is 1.65. The van der Waals surface area contributed by atoms with E-state index in [1.54, 1.807) is 7.11 Å². The molecule has 1 unspecified atom stereocenters. The van der Waals surface area contributed by atoms with E-state index in [1.165, 1.54) is 5.56 Å². The average molecular weight is 257 g/mol. The van der Waals surface area contributed by atoms with Crippen molar-refractivity contribution in [1.82, 2.24) is 4.90 Å². The molecule has 0 heterocycles. The molecule has 1 atom stereocenters. The topological polar surface area (TPSA) is 38.5 Å². The van der Waals surface area contributed by atoms with Gasteiger partial charge in [-0.2, -0.15) is 0 Å². The highest BCUT2D eigenvalue weighted by atomic mass is 35.5. The molecule has 96 valence electrons. The quantitative estimate of drug-likeness (QED) is 0.849. The van der Waals surface area contributed by atoms with Crippen LogP contribution in [0.15, 0.2) is 18.2 Å². The van der Waals surface area contributed by atoms with E-state index in [9.17, 15) is 0 Å². The summed E-state index contributed by atoms with van der Waals surface area (Å²) in [5, 5.41) is 0.658. The molecule has 0 radical (unpaired) electrons. The SMILES string of the molecule is COc1ccc(C(CCN)CN(C)C)cc1Cl. The van der Waals surface area contributed by atoms with Crippen LogP contribution in [0.5, 0.6) is 5.75 Å². The van der Waals surface area contributed by atoms with E-state index in [-0.39, 0.29) is 0 Å². The molecule has 1 aromatic carbocycles. The molecular weight excluding hydrogens is 236 g/mol. The lowest BCUT2D eigenvalue weighted by atomic mass is 9.95. The Bertz CT molecular complexity index is 355.